The lowest BCUT2D eigenvalue weighted by atomic mass is 10.2. The first-order chi connectivity index (χ1) is 10.0. The third kappa shape index (κ3) is 4.95. The maximum absolute atomic E-state index is 12.7. The van der Waals surface area contributed by atoms with E-state index in [4.69, 9.17) is 11.6 Å². The Morgan fingerprint density at radius 2 is 1.81 bits per heavy atom. The maximum Gasteiger partial charge on any atom is 0.220 e. The van der Waals surface area contributed by atoms with Gasteiger partial charge in [0, 0.05) is 19.4 Å². The van der Waals surface area contributed by atoms with E-state index in [1.807, 2.05) is 0 Å². The normalized spacial score (nSPS) is 10.4. The first kappa shape index (κ1) is 15.7. The van der Waals surface area contributed by atoms with Crippen molar-refractivity contribution in [3.63, 3.8) is 0 Å². The molecule has 6 heteroatoms. The minimum Gasteiger partial charge on any atom is -0.352 e. The van der Waals surface area contributed by atoms with Crippen LogP contribution in [-0.2, 0) is 11.3 Å². The van der Waals surface area contributed by atoms with Gasteiger partial charge in [0.25, 0.3) is 0 Å². The molecule has 1 aromatic carbocycles. The summed E-state index contributed by atoms with van der Waals surface area (Å²) in [6.45, 7) is 0.318. The SMILES string of the molecule is O=C(CCC(=O)c1ccc(Cl)s1)NCc1ccc(F)cc1. The molecule has 0 saturated heterocycles. The fourth-order valence-electron chi connectivity index (χ4n) is 1.71. The molecule has 1 aromatic heterocycles. The van der Waals surface area contributed by atoms with E-state index in [2.05, 4.69) is 5.32 Å². The van der Waals surface area contributed by atoms with Gasteiger partial charge in [0.05, 0.1) is 9.21 Å². The summed E-state index contributed by atoms with van der Waals surface area (Å²) in [5, 5.41) is 2.69. The van der Waals surface area contributed by atoms with E-state index in [9.17, 15) is 14.0 Å². The van der Waals surface area contributed by atoms with Gasteiger partial charge in [-0.25, -0.2) is 4.39 Å². The number of nitrogens with one attached hydrogen (secondary N) is 1. The minimum atomic E-state index is -0.315. The van der Waals surface area contributed by atoms with E-state index in [1.165, 1.54) is 23.5 Å². The zero-order chi connectivity index (χ0) is 15.2. The lowest BCUT2D eigenvalue weighted by molar-refractivity contribution is -0.121. The summed E-state index contributed by atoms with van der Waals surface area (Å²) in [7, 11) is 0. The van der Waals surface area contributed by atoms with Crippen molar-refractivity contribution in [2.75, 3.05) is 0 Å². The van der Waals surface area contributed by atoms with Crippen molar-refractivity contribution < 1.29 is 14.0 Å². The van der Waals surface area contributed by atoms with Crippen LogP contribution in [0.15, 0.2) is 36.4 Å². The van der Waals surface area contributed by atoms with Gasteiger partial charge in [-0.2, -0.15) is 0 Å². The van der Waals surface area contributed by atoms with Crippen molar-refractivity contribution in [2.24, 2.45) is 0 Å². The van der Waals surface area contributed by atoms with Crippen LogP contribution in [0.1, 0.15) is 28.1 Å². The highest BCUT2D eigenvalue weighted by Crippen LogP contribution is 2.22. The van der Waals surface area contributed by atoms with Gasteiger partial charge in [0.1, 0.15) is 5.82 Å². The Morgan fingerprint density at radius 3 is 2.43 bits per heavy atom. The third-order valence-corrected chi connectivity index (χ3v) is 4.10. The number of carbonyl (C=O) groups excluding carboxylic acids is 2. The molecule has 2 rings (SSSR count). The van der Waals surface area contributed by atoms with Crippen LogP contribution in [0.2, 0.25) is 4.34 Å². The Morgan fingerprint density at radius 1 is 1.10 bits per heavy atom. The number of thiophene rings is 1. The topological polar surface area (TPSA) is 46.2 Å². The van der Waals surface area contributed by atoms with Crippen molar-refractivity contribution in [1.29, 1.82) is 0 Å². The summed E-state index contributed by atoms with van der Waals surface area (Å²) in [5.41, 5.74) is 0.807. The second-order valence-corrected chi connectivity index (χ2v) is 6.15. The Labute approximate surface area is 130 Å². The molecule has 0 bridgehead atoms. The van der Waals surface area contributed by atoms with Crippen LogP contribution in [0.5, 0.6) is 0 Å². The number of ketones is 1. The van der Waals surface area contributed by atoms with Gasteiger partial charge in [-0.15, -0.1) is 11.3 Å². The zero-order valence-corrected chi connectivity index (χ0v) is 12.6. The first-order valence-electron chi connectivity index (χ1n) is 6.34. The summed E-state index contributed by atoms with van der Waals surface area (Å²) >= 11 is 6.96. The lowest BCUT2D eigenvalue weighted by Gasteiger charge is -2.04. The largest absolute Gasteiger partial charge is 0.352 e. The standard InChI is InChI=1S/C15H13ClFNO2S/c16-14-7-6-13(21-14)12(19)5-8-15(20)18-9-10-1-3-11(17)4-2-10/h1-4,6-7H,5,8-9H2,(H,18,20). The van der Waals surface area contributed by atoms with Gasteiger partial charge in [-0.05, 0) is 29.8 Å². The van der Waals surface area contributed by atoms with E-state index in [0.717, 1.165) is 5.56 Å². The fourth-order valence-corrected chi connectivity index (χ4v) is 2.72. The third-order valence-electron chi connectivity index (χ3n) is 2.83. The molecule has 1 N–H and O–H groups in total. The average Bonchev–Trinajstić information content (AvgIpc) is 2.91. The zero-order valence-electron chi connectivity index (χ0n) is 11.1. The molecule has 1 amide bonds. The Kier molecular flexibility index (Phi) is 5.47. The molecule has 1 heterocycles. The quantitative estimate of drug-likeness (QED) is 0.821. The number of carbonyl (C=O) groups is 2. The van der Waals surface area contributed by atoms with Crippen LogP contribution < -0.4 is 5.32 Å². The van der Waals surface area contributed by atoms with Crippen molar-refractivity contribution >= 4 is 34.6 Å². The van der Waals surface area contributed by atoms with Gasteiger partial charge in [0.2, 0.25) is 5.91 Å². The van der Waals surface area contributed by atoms with Crippen molar-refractivity contribution in [3.8, 4) is 0 Å². The molecule has 0 saturated carbocycles. The fraction of sp³-hybridized carbons (Fsp3) is 0.200. The van der Waals surface area contributed by atoms with E-state index >= 15 is 0 Å². The van der Waals surface area contributed by atoms with Crippen LogP contribution in [0, 0.1) is 5.82 Å². The number of amides is 1. The molecular weight excluding hydrogens is 313 g/mol. The van der Waals surface area contributed by atoms with Gasteiger partial charge in [-0.3, -0.25) is 9.59 Å². The number of hydrogen-bond acceptors (Lipinski definition) is 3. The molecule has 3 nitrogen and oxygen atoms in total. The summed E-state index contributed by atoms with van der Waals surface area (Å²) in [6, 6.07) is 9.21. The molecule has 0 atom stereocenters. The highest BCUT2D eigenvalue weighted by Gasteiger charge is 2.11. The van der Waals surface area contributed by atoms with Gasteiger partial charge >= 0.3 is 0 Å². The smallest absolute Gasteiger partial charge is 0.220 e. The molecule has 2 aromatic rings. The van der Waals surface area contributed by atoms with Crippen LogP contribution in [0.3, 0.4) is 0 Å². The average molecular weight is 326 g/mol. The van der Waals surface area contributed by atoms with Crippen molar-refractivity contribution in [3.05, 3.63) is 57.0 Å². The van der Waals surface area contributed by atoms with Crippen LogP contribution in [-0.4, -0.2) is 11.7 Å². The predicted molar refractivity (Wildman–Crippen MR) is 81.1 cm³/mol. The van der Waals surface area contributed by atoms with E-state index in [-0.39, 0.29) is 30.3 Å². The van der Waals surface area contributed by atoms with E-state index < -0.39 is 0 Å². The van der Waals surface area contributed by atoms with Gasteiger partial charge in [0.15, 0.2) is 5.78 Å². The molecule has 0 unspecified atom stereocenters. The number of halogens is 2. The second-order valence-electron chi connectivity index (χ2n) is 4.43. The maximum atomic E-state index is 12.7. The molecule has 0 spiro atoms. The molecule has 0 radical (unpaired) electrons. The highest BCUT2D eigenvalue weighted by molar-refractivity contribution is 7.18. The van der Waals surface area contributed by atoms with Crippen LogP contribution in [0.4, 0.5) is 4.39 Å². The van der Waals surface area contributed by atoms with Gasteiger partial charge in [-0.1, -0.05) is 23.7 Å². The van der Waals surface area contributed by atoms with Crippen LogP contribution >= 0.6 is 22.9 Å². The second kappa shape index (κ2) is 7.33. The first-order valence-corrected chi connectivity index (χ1v) is 7.54. The predicted octanol–water partition coefficient (Wildman–Crippen LogP) is 3.82. The molecule has 21 heavy (non-hydrogen) atoms. The molecule has 0 fully saturated rings. The molecular formula is C15H13ClFNO2S. The number of rotatable bonds is 6. The van der Waals surface area contributed by atoms with Crippen LogP contribution in [0.25, 0.3) is 0 Å². The number of benzene rings is 1. The number of hydrogen-bond donors (Lipinski definition) is 1. The molecule has 0 aliphatic rings. The Balaban J connectivity index is 1.74. The molecule has 110 valence electrons. The highest BCUT2D eigenvalue weighted by atomic mass is 35.5. The van der Waals surface area contributed by atoms with E-state index in [1.54, 1.807) is 24.3 Å². The molecule has 0 aliphatic carbocycles. The monoisotopic (exact) mass is 325 g/mol. The summed E-state index contributed by atoms with van der Waals surface area (Å²) < 4.78 is 13.3. The lowest BCUT2D eigenvalue weighted by Crippen LogP contribution is -2.23. The molecule has 0 aliphatic heterocycles. The summed E-state index contributed by atoms with van der Waals surface area (Å²) in [6.07, 6.45) is 0.266. The number of Topliss-reactive ketones (excluding diaryl/α,β-unsaturated/α-hetero) is 1. The Bertz CT molecular complexity index is 639. The minimum absolute atomic E-state index is 0.0937. The van der Waals surface area contributed by atoms with Crippen molar-refractivity contribution in [2.45, 2.75) is 19.4 Å². The Hall–Kier alpha value is -1.72. The van der Waals surface area contributed by atoms with Gasteiger partial charge < -0.3 is 5.32 Å². The van der Waals surface area contributed by atoms with E-state index in [0.29, 0.717) is 15.8 Å². The van der Waals surface area contributed by atoms with Crippen molar-refractivity contribution in [1.82, 2.24) is 5.32 Å². The summed E-state index contributed by atoms with van der Waals surface area (Å²) in [4.78, 5) is 24.0. The summed E-state index contributed by atoms with van der Waals surface area (Å²) in [5.74, 6) is -0.621.